The third-order valence-electron chi connectivity index (χ3n) is 6.71. The molecule has 0 bridgehead atoms. The number of carboxylic acids is 2. The highest BCUT2D eigenvalue weighted by molar-refractivity contribution is 8.00. The van der Waals surface area contributed by atoms with Gasteiger partial charge in [0.1, 0.15) is 5.70 Å². The molecule has 0 spiro atoms. The number of hydrogen-bond donors (Lipinski definition) is 7. The molecule has 236 valence electrons. The summed E-state index contributed by atoms with van der Waals surface area (Å²) in [5.74, 6) is -4.70. The fraction of sp³-hybridized carbons (Fsp3) is 0.435. The summed E-state index contributed by atoms with van der Waals surface area (Å²) in [5, 5.41) is 27.4. The number of fused-ring (bicyclic) bond motifs is 1. The smallest absolute Gasteiger partial charge is 0.352 e. The summed E-state index contributed by atoms with van der Waals surface area (Å²) in [6, 6.07) is -0.579. The first kappa shape index (κ1) is 32.2. The van der Waals surface area contributed by atoms with Crippen LogP contribution in [0.5, 0.6) is 0 Å². The Labute approximate surface area is 257 Å². The predicted octanol–water partition coefficient (Wildman–Crippen LogP) is -1.52. The molecule has 1 saturated heterocycles. The summed E-state index contributed by atoms with van der Waals surface area (Å²) in [6.45, 7) is 2.39. The predicted molar refractivity (Wildman–Crippen MR) is 156 cm³/mol. The van der Waals surface area contributed by atoms with Crippen molar-refractivity contribution >= 4 is 75.3 Å². The number of nitrogens with zero attached hydrogens (tertiary/aromatic N) is 6. The number of aromatic nitrogens is 4. The maximum absolute atomic E-state index is 13.3. The summed E-state index contributed by atoms with van der Waals surface area (Å²) in [5.41, 5.74) is 15.3. The second-order valence-corrected chi connectivity index (χ2v) is 12.0. The number of hydrogen-bond acceptors (Lipinski definition) is 14. The molecule has 0 radical (unpaired) electrons. The van der Waals surface area contributed by atoms with Gasteiger partial charge in [-0.25, -0.2) is 14.4 Å². The van der Waals surface area contributed by atoms with E-state index in [0.717, 1.165) is 16.4 Å². The van der Waals surface area contributed by atoms with Gasteiger partial charge in [-0.2, -0.15) is 9.36 Å². The van der Waals surface area contributed by atoms with E-state index >= 15 is 0 Å². The summed E-state index contributed by atoms with van der Waals surface area (Å²) < 4.78 is 7.04. The average Bonchev–Trinajstić information content (AvgIpc) is 3.49. The topological polar surface area (TPSA) is 287 Å². The first-order valence-corrected chi connectivity index (χ1v) is 14.6. The quantitative estimate of drug-likeness (QED) is 0.0451. The fourth-order valence-corrected chi connectivity index (χ4v) is 6.14. The van der Waals surface area contributed by atoms with Crippen molar-refractivity contribution in [2.24, 2.45) is 23.9 Å². The molecule has 0 aromatic carbocycles. The molecule has 3 amide bonds. The minimum atomic E-state index is -1.79. The zero-order valence-electron chi connectivity index (χ0n) is 23.6. The lowest BCUT2D eigenvalue weighted by Gasteiger charge is -2.49. The Morgan fingerprint density at radius 3 is 2.57 bits per heavy atom. The van der Waals surface area contributed by atoms with Gasteiger partial charge in [-0.05, 0) is 13.8 Å². The Balaban J connectivity index is 1.55. The van der Waals surface area contributed by atoms with Gasteiger partial charge in [0.25, 0.3) is 0 Å². The van der Waals surface area contributed by atoms with Crippen molar-refractivity contribution in [3.63, 3.8) is 0 Å². The molecule has 4 heterocycles. The second-order valence-electron chi connectivity index (χ2n) is 10.1. The van der Waals surface area contributed by atoms with Crippen LogP contribution in [0.1, 0.15) is 26.1 Å². The Morgan fingerprint density at radius 1 is 1.27 bits per heavy atom. The number of carbonyl (C=O) groups is 5. The van der Waals surface area contributed by atoms with Gasteiger partial charge in [-0.1, -0.05) is 5.16 Å². The zero-order chi connectivity index (χ0) is 32.5. The summed E-state index contributed by atoms with van der Waals surface area (Å²) in [7, 11) is 1.61. The minimum Gasteiger partial charge on any atom is -0.478 e. The fourth-order valence-electron chi connectivity index (χ4n) is 4.30. The molecular formula is C23H30N11O8S2+. The number of thioether (sulfide) groups is 1. The average molecular weight is 653 g/mol. The van der Waals surface area contributed by atoms with E-state index in [1.807, 2.05) is 0 Å². The van der Waals surface area contributed by atoms with Crippen LogP contribution in [0.3, 0.4) is 0 Å². The van der Waals surface area contributed by atoms with Crippen molar-refractivity contribution in [3.8, 4) is 0 Å². The highest BCUT2D eigenvalue weighted by atomic mass is 32.2. The molecule has 2 aromatic heterocycles. The lowest BCUT2D eigenvalue weighted by Crippen LogP contribution is -2.62. The van der Waals surface area contributed by atoms with Crippen molar-refractivity contribution < 1.29 is 43.7 Å². The number of rotatable bonds is 12. The molecule has 21 heteroatoms. The maximum atomic E-state index is 13.3. The lowest BCUT2D eigenvalue weighted by atomic mass is 9.89. The van der Waals surface area contributed by atoms with Crippen molar-refractivity contribution in [1.82, 2.24) is 24.3 Å². The van der Waals surface area contributed by atoms with Crippen LogP contribution in [0, 0.1) is 5.92 Å². The Hall–Kier alpha value is -4.76. The minimum absolute atomic E-state index is 0.0232. The van der Waals surface area contributed by atoms with E-state index in [4.69, 9.17) is 22.0 Å². The molecule has 1 fully saturated rings. The second kappa shape index (κ2) is 12.5. The third kappa shape index (κ3) is 6.28. The standard InChI is InChI=1S/C23H29N11O8S2/c1-23(2,20(39)40)42-30-13(16-29-21(26)44-31-16)12(35)4-10-17(36)34-14(19(37)38)9(7-43-18(10)34)5-33-6-11(15(25)32(33)3)28-22(41)27-8-24/h6,10,18,25H,4-5,7-8,24H2,1-3H3,(H6,26,27,28,29,31,37,38,39,40,41)/p+1/b30-13+. The van der Waals surface area contributed by atoms with Gasteiger partial charge in [0, 0.05) is 29.3 Å². The van der Waals surface area contributed by atoms with E-state index in [1.165, 1.54) is 36.5 Å². The van der Waals surface area contributed by atoms with Crippen LogP contribution in [0.15, 0.2) is 22.6 Å². The molecule has 2 aromatic rings. The summed E-state index contributed by atoms with van der Waals surface area (Å²) >= 11 is 2.05. The zero-order valence-corrected chi connectivity index (χ0v) is 25.3. The number of anilines is 3. The number of amides is 3. The molecular weight excluding hydrogens is 622 g/mol. The van der Waals surface area contributed by atoms with Gasteiger partial charge in [-0.15, -0.1) is 21.1 Å². The Kier molecular flexibility index (Phi) is 9.11. The van der Waals surface area contributed by atoms with E-state index in [9.17, 15) is 34.2 Å². The van der Waals surface area contributed by atoms with Gasteiger partial charge in [0.05, 0.1) is 25.0 Å². The first-order valence-electron chi connectivity index (χ1n) is 12.8. The molecule has 2 atom stereocenters. The van der Waals surface area contributed by atoms with Crippen molar-refractivity contribution in [3.05, 3.63) is 23.3 Å². The van der Waals surface area contributed by atoms with E-state index in [2.05, 4.69) is 25.1 Å². The van der Waals surface area contributed by atoms with Crippen LogP contribution < -0.4 is 32.5 Å². The lowest BCUT2D eigenvalue weighted by molar-refractivity contribution is -0.765. The van der Waals surface area contributed by atoms with E-state index in [0.29, 0.717) is 5.57 Å². The van der Waals surface area contributed by atoms with E-state index in [-0.39, 0.29) is 47.1 Å². The monoisotopic (exact) mass is 652 g/mol. The third-order valence-corrected chi connectivity index (χ3v) is 8.65. The molecule has 44 heavy (non-hydrogen) atoms. The number of carbonyl (C=O) groups excluding carboxylic acids is 3. The molecule has 4 rings (SSSR count). The largest absolute Gasteiger partial charge is 0.478 e. The number of carboxylic acid groups (broad SMARTS) is 2. The number of oxime groups is 1. The van der Waals surface area contributed by atoms with Gasteiger partial charge < -0.3 is 37.6 Å². The highest BCUT2D eigenvalue weighted by Gasteiger charge is 2.54. The highest BCUT2D eigenvalue weighted by Crippen LogP contribution is 2.45. The van der Waals surface area contributed by atoms with Crippen LogP contribution in [0.25, 0.3) is 0 Å². The molecule has 19 nitrogen and oxygen atoms in total. The van der Waals surface area contributed by atoms with Gasteiger partial charge in [0.15, 0.2) is 34.7 Å². The van der Waals surface area contributed by atoms with Crippen LogP contribution in [-0.4, -0.2) is 87.9 Å². The Bertz CT molecular complexity index is 1600. The Morgan fingerprint density at radius 2 is 1.98 bits per heavy atom. The number of nitrogens with one attached hydrogen (secondary N) is 2. The number of β-lactam (4-membered cyclic amide) rings is 1. The van der Waals surface area contributed by atoms with Crippen LogP contribution in [-0.2, 0) is 37.6 Å². The summed E-state index contributed by atoms with van der Waals surface area (Å²) in [6.07, 6.45) is 1.12. The maximum Gasteiger partial charge on any atom is 0.352 e. The normalized spacial score (nSPS) is 18.4. The molecule has 2 aliphatic rings. The molecule has 10 N–H and O–H groups in total. The SMILES string of the molecule is Cn1c(N)c(NC(=O)NCN)c[n+]1CC1=C(C(=O)O)N2C(=O)C(CC(=O)/C(=N\OC(C)(C)C(=O)O)c3nsc(N)n3)C2SC1. The number of nitrogen functional groups attached to an aromatic ring is 2. The van der Waals surface area contributed by atoms with E-state index < -0.39 is 58.7 Å². The number of urea groups is 1. The molecule has 2 unspecified atom stereocenters. The molecule has 0 aliphatic carbocycles. The van der Waals surface area contributed by atoms with Crippen LogP contribution in [0.2, 0.25) is 0 Å². The number of aliphatic carboxylic acids is 2. The number of ketones is 1. The van der Waals surface area contributed by atoms with Gasteiger partial charge in [0.2, 0.25) is 23.5 Å². The van der Waals surface area contributed by atoms with Crippen molar-refractivity contribution in [2.45, 2.75) is 37.8 Å². The molecule has 2 aliphatic heterocycles. The van der Waals surface area contributed by atoms with Gasteiger partial charge >= 0.3 is 18.0 Å². The molecule has 0 saturated carbocycles. The summed E-state index contributed by atoms with van der Waals surface area (Å²) in [4.78, 5) is 72.5. The van der Waals surface area contributed by atoms with Crippen molar-refractivity contribution in [2.75, 3.05) is 29.2 Å². The number of Topliss-reactive ketones (excluding diaryl/α,β-unsaturated/α-hetero) is 1. The van der Waals surface area contributed by atoms with Crippen LogP contribution >= 0.6 is 23.3 Å². The van der Waals surface area contributed by atoms with E-state index in [1.54, 1.807) is 11.7 Å². The van der Waals surface area contributed by atoms with Crippen LogP contribution in [0.4, 0.5) is 21.4 Å². The van der Waals surface area contributed by atoms with Gasteiger partial charge in [-0.3, -0.25) is 19.8 Å². The number of nitrogens with two attached hydrogens (primary N) is 3. The van der Waals surface area contributed by atoms with Crippen molar-refractivity contribution in [1.29, 1.82) is 0 Å². The first-order chi connectivity index (χ1) is 20.7.